The Balaban J connectivity index is 0. The van der Waals surface area contributed by atoms with E-state index in [1.165, 1.54) is 21.3 Å². The molecule has 0 rings (SSSR count). The van der Waals surface area contributed by atoms with E-state index in [0.29, 0.717) is 25.3 Å². The highest BCUT2D eigenvalue weighted by atomic mass is 35.5. The molecule has 0 aliphatic heterocycles. The van der Waals surface area contributed by atoms with Gasteiger partial charge in [0.05, 0.1) is 11.0 Å². The second-order valence-electron chi connectivity index (χ2n) is 3.54. The van der Waals surface area contributed by atoms with Crippen LogP contribution in [-0.4, -0.2) is 69.8 Å². The summed E-state index contributed by atoms with van der Waals surface area (Å²) in [5, 5.41) is 0. The summed E-state index contributed by atoms with van der Waals surface area (Å²) in [6.45, 7) is 7.47. The number of halogens is 2. The highest BCUT2D eigenvalue weighted by molar-refractivity contribution is 6.69. The molecule has 0 N–H and O–H groups in total. The van der Waals surface area contributed by atoms with Crippen molar-refractivity contribution in [2.24, 2.45) is 0 Å². The van der Waals surface area contributed by atoms with E-state index in [0.717, 1.165) is 0 Å². The smallest absolute Gasteiger partial charge is 0.376 e. The molecular formula is C11H28Cl2O6Si2. The topological polar surface area (TPSA) is 55.4 Å². The van der Waals surface area contributed by atoms with Crippen molar-refractivity contribution >= 4 is 40.8 Å². The molecule has 6 nitrogen and oxygen atoms in total. The molecule has 0 saturated heterocycles. The molecule has 0 heterocycles. The van der Waals surface area contributed by atoms with Crippen molar-refractivity contribution in [3.63, 3.8) is 0 Å². The van der Waals surface area contributed by atoms with E-state index >= 15 is 0 Å². The average Bonchev–Trinajstić information content (AvgIpc) is 2.51. The number of alkyl halides is 2. The third-order valence-electron chi connectivity index (χ3n) is 2.35. The van der Waals surface area contributed by atoms with Gasteiger partial charge in [-0.1, -0.05) is 0 Å². The molecule has 0 unspecified atom stereocenters. The first kappa shape index (κ1) is 24.0. The van der Waals surface area contributed by atoms with Gasteiger partial charge < -0.3 is 26.6 Å². The first-order valence-electron chi connectivity index (χ1n) is 6.68. The molecule has 0 saturated carbocycles. The highest BCUT2D eigenvalue weighted by Gasteiger charge is 2.39. The van der Waals surface area contributed by atoms with Crippen LogP contribution in [-0.2, 0) is 26.6 Å². The van der Waals surface area contributed by atoms with Gasteiger partial charge >= 0.3 is 17.6 Å². The van der Waals surface area contributed by atoms with Crippen molar-refractivity contribution in [3.05, 3.63) is 0 Å². The Kier molecular flexibility index (Phi) is 16.4. The van der Waals surface area contributed by atoms with Gasteiger partial charge in [0.25, 0.3) is 0 Å². The molecule has 0 aliphatic carbocycles. The number of hydrogen-bond acceptors (Lipinski definition) is 6. The lowest BCUT2D eigenvalue weighted by atomic mass is 10.9. The van der Waals surface area contributed by atoms with E-state index in [-0.39, 0.29) is 5.50 Å². The molecule has 0 amide bonds. The Morgan fingerprint density at radius 2 is 0.905 bits per heavy atom. The van der Waals surface area contributed by atoms with Crippen LogP contribution in [0.2, 0.25) is 0 Å². The van der Waals surface area contributed by atoms with Gasteiger partial charge in [-0.2, -0.15) is 0 Å². The molecule has 0 bridgehead atoms. The van der Waals surface area contributed by atoms with Gasteiger partial charge in [0, 0.05) is 41.2 Å². The van der Waals surface area contributed by atoms with Crippen molar-refractivity contribution in [2.45, 2.75) is 20.8 Å². The van der Waals surface area contributed by atoms with Crippen LogP contribution in [0.5, 0.6) is 0 Å². The predicted molar refractivity (Wildman–Crippen MR) is 88.9 cm³/mol. The number of rotatable bonds is 11. The van der Waals surface area contributed by atoms with Crippen molar-refractivity contribution in [1.29, 1.82) is 0 Å². The lowest BCUT2D eigenvalue weighted by molar-refractivity contribution is 0.0769. The van der Waals surface area contributed by atoms with Gasteiger partial charge in [-0.15, -0.1) is 23.2 Å². The minimum absolute atomic E-state index is 0.288. The molecule has 0 spiro atoms. The van der Waals surface area contributed by atoms with Crippen LogP contribution in [0.1, 0.15) is 20.8 Å². The average molecular weight is 383 g/mol. The van der Waals surface area contributed by atoms with Gasteiger partial charge in [0.2, 0.25) is 0 Å². The van der Waals surface area contributed by atoms with Crippen molar-refractivity contribution in [1.82, 2.24) is 0 Å². The zero-order chi connectivity index (χ0) is 16.8. The summed E-state index contributed by atoms with van der Waals surface area (Å²) in [5.74, 6) is 0. The van der Waals surface area contributed by atoms with E-state index in [9.17, 15) is 0 Å². The maximum absolute atomic E-state index is 5.75. The fraction of sp³-hybridized carbons (Fsp3) is 1.00. The molecule has 0 atom stereocenters. The van der Waals surface area contributed by atoms with E-state index < -0.39 is 17.6 Å². The normalized spacial score (nSPS) is 12.0. The molecule has 0 aromatic carbocycles. The third-order valence-corrected chi connectivity index (χ3v) is 9.02. The summed E-state index contributed by atoms with van der Waals surface area (Å²) >= 11 is 11.3. The zero-order valence-electron chi connectivity index (χ0n) is 13.7. The zero-order valence-corrected chi connectivity index (χ0v) is 17.3. The Hall–Kier alpha value is 0.774. The van der Waals surface area contributed by atoms with E-state index in [1.807, 2.05) is 20.8 Å². The maximum atomic E-state index is 5.75. The van der Waals surface area contributed by atoms with Crippen molar-refractivity contribution in [2.75, 3.05) is 52.2 Å². The van der Waals surface area contributed by atoms with Crippen molar-refractivity contribution < 1.29 is 26.6 Å². The fourth-order valence-corrected chi connectivity index (χ4v) is 5.62. The van der Waals surface area contributed by atoms with Gasteiger partial charge in [-0.25, -0.2) is 0 Å². The molecule has 21 heavy (non-hydrogen) atoms. The second kappa shape index (κ2) is 14.4. The summed E-state index contributed by atoms with van der Waals surface area (Å²) in [4.78, 5) is 0. The first-order chi connectivity index (χ1) is 9.99. The van der Waals surface area contributed by atoms with Gasteiger partial charge in [-0.3, -0.25) is 0 Å². The lowest BCUT2D eigenvalue weighted by Crippen LogP contribution is -2.48. The summed E-state index contributed by atoms with van der Waals surface area (Å²) in [5.41, 5.74) is 0.610. The van der Waals surface area contributed by atoms with E-state index in [2.05, 4.69) is 0 Å². The minimum atomic E-state index is -2.50. The van der Waals surface area contributed by atoms with E-state index in [1.54, 1.807) is 0 Å². The molecule has 0 aromatic rings. The quantitative estimate of drug-likeness (QED) is 0.404. The number of hydrogen-bond donors (Lipinski definition) is 0. The minimum Gasteiger partial charge on any atom is -0.376 e. The molecule has 0 fully saturated rings. The molecule has 0 aliphatic rings. The highest BCUT2D eigenvalue weighted by Crippen LogP contribution is 2.11. The van der Waals surface area contributed by atoms with Gasteiger partial charge in [0.15, 0.2) is 0 Å². The first-order valence-corrected chi connectivity index (χ1v) is 11.6. The Bertz CT molecular complexity index is 200. The van der Waals surface area contributed by atoms with Crippen LogP contribution in [0.15, 0.2) is 0 Å². The molecule has 0 aromatic heterocycles. The van der Waals surface area contributed by atoms with Gasteiger partial charge in [-0.05, 0) is 20.8 Å². The van der Waals surface area contributed by atoms with Crippen LogP contribution in [0.25, 0.3) is 0 Å². The monoisotopic (exact) mass is 382 g/mol. The fourth-order valence-electron chi connectivity index (χ4n) is 1.31. The molecule has 10 heteroatoms. The Labute approximate surface area is 140 Å². The third kappa shape index (κ3) is 9.49. The Morgan fingerprint density at radius 3 is 1.00 bits per heavy atom. The largest absolute Gasteiger partial charge is 0.516 e. The van der Waals surface area contributed by atoms with Crippen LogP contribution in [0, 0.1) is 0 Å². The maximum Gasteiger partial charge on any atom is 0.516 e. The standard InChI is InChI=1S/C7H17ClO3Si.C4H11ClO3Si/c1-4-9-12(7-8,10-5-2)11-6-3;1-6-9(4-5,7-2)8-3/h4-7H2,1-3H3;4H2,1-3H3. The molecular weight excluding hydrogens is 355 g/mol. The van der Waals surface area contributed by atoms with Crippen LogP contribution in [0.3, 0.4) is 0 Å². The molecule has 0 radical (unpaired) electrons. The van der Waals surface area contributed by atoms with E-state index in [4.69, 9.17) is 49.8 Å². The second-order valence-corrected chi connectivity index (χ2v) is 10.5. The summed E-state index contributed by atoms with van der Waals surface area (Å²) in [6, 6.07) is 0. The van der Waals surface area contributed by atoms with Crippen LogP contribution in [0.4, 0.5) is 0 Å². The summed E-state index contributed by atoms with van der Waals surface area (Å²) in [6.07, 6.45) is 0. The van der Waals surface area contributed by atoms with Gasteiger partial charge in [0.1, 0.15) is 0 Å². The SMILES string of the molecule is CCO[Si](CCl)(OCC)OCC.CO[Si](CCl)(OC)OC. The predicted octanol–water partition coefficient (Wildman–Crippen LogP) is 2.46. The van der Waals surface area contributed by atoms with Crippen molar-refractivity contribution in [3.8, 4) is 0 Å². The van der Waals surface area contributed by atoms with Crippen LogP contribution < -0.4 is 0 Å². The Morgan fingerprint density at radius 1 is 0.619 bits per heavy atom. The lowest BCUT2D eigenvalue weighted by Gasteiger charge is -2.25. The summed E-state index contributed by atoms with van der Waals surface area (Å²) < 4.78 is 31.1. The molecule has 130 valence electrons. The summed E-state index contributed by atoms with van der Waals surface area (Å²) in [7, 11) is -0.342. The van der Waals surface area contributed by atoms with Crippen LogP contribution >= 0.6 is 23.2 Å².